The van der Waals surface area contributed by atoms with Crippen LogP contribution in [0.15, 0.2) is 66.8 Å². The van der Waals surface area contributed by atoms with Gasteiger partial charge in [0, 0.05) is 34.4 Å². The number of allylic oxidation sites excluding steroid dienone is 1. The van der Waals surface area contributed by atoms with Crippen LogP contribution >= 0.6 is 0 Å². The normalized spacial score (nSPS) is 11.1. The number of carbonyl (C=O) groups excluding carboxylic acids is 1. The maximum atomic E-state index is 12.6. The Kier molecular flexibility index (Phi) is 5.61. The molecule has 3 rings (SSSR count). The minimum atomic E-state index is -0.451. The number of nitrogens with one attached hydrogen (secondary N) is 1. The van der Waals surface area contributed by atoms with Gasteiger partial charge in [0.2, 0.25) is 0 Å². The first-order chi connectivity index (χ1) is 13.6. The molecule has 0 unspecified atom stereocenters. The molecule has 0 aliphatic heterocycles. The third-order valence-corrected chi connectivity index (χ3v) is 4.59. The van der Waals surface area contributed by atoms with E-state index in [0.717, 1.165) is 22.2 Å². The lowest BCUT2D eigenvalue weighted by Crippen LogP contribution is -2.13. The van der Waals surface area contributed by atoms with Crippen molar-refractivity contribution in [2.45, 2.75) is 13.5 Å². The summed E-state index contributed by atoms with van der Waals surface area (Å²) in [7, 11) is 1.58. The number of aromatic nitrogens is 1. The molecule has 0 atom stereocenters. The molecule has 0 bridgehead atoms. The highest BCUT2D eigenvalue weighted by Gasteiger charge is 2.15. The minimum absolute atomic E-state index is 0.0421. The number of fused-ring (bicyclic) bond motifs is 1. The van der Waals surface area contributed by atoms with Crippen LogP contribution in [-0.4, -0.2) is 17.6 Å². The predicted molar refractivity (Wildman–Crippen MR) is 112 cm³/mol. The standard InChI is InChI=1S/C23H21N3O2/c1-4-13-26-16(2)21(20-7-5-6-8-22(20)26)14-17(15-24)23(27)25-18-9-11-19(28-3)12-10-18/h4-12,14H,1,13H2,2-3H3,(H,25,27)/b17-14+. The number of benzene rings is 2. The third-order valence-electron chi connectivity index (χ3n) is 4.59. The molecule has 140 valence electrons. The Morgan fingerprint density at radius 3 is 2.61 bits per heavy atom. The summed E-state index contributed by atoms with van der Waals surface area (Å²) >= 11 is 0. The summed E-state index contributed by atoms with van der Waals surface area (Å²) in [6, 6.07) is 16.9. The number of rotatable bonds is 6. The number of para-hydroxylation sites is 1. The molecule has 5 nitrogen and oxygen atoms in total. The van der Waals surface area contributed by atoms with Crippen LogP contribution < -0.4 is 10.1 Å². The second kappa shape index (κ2) is 8.28. The van der Waals surface area contributed by atoms with Crippen LogP contribution in [0.1, 0.15) is 11.3 Å². The van der Waals surface area contributed by atoms with E-state index >= 15 is 0 Å². The monoisotopic (exact) mass is 371 g/mol. The van der Waals surface area contributed by atoms with Crippen LogP contribution in [0.4, 0.5) is 5.69 Å². The molecule has 1 aromatic heterocycles. The predicted octanol–water partition coefficient (Wildman–Crippen LogP) is 4.69. The van der Waals surface area contributed by atoms with E-state index in [9.17, 15) is 10.1 Å². The highest BCUT2D eigenvalue weighted by Crippen LogP contribution is 2.28. The fraction of sp³-hybridized carbons (Fsp3) is 0.130. The molecule has 28 heavy (non-hydrogen) atoms. The Morgan fingerprint density at radius 2 is 1.96 bits per heavy atom. The quantitative estimate of drug-likeness (QED) is 0.388. The van der Waals surface area contributed by atoms with Crippen molar-refractivity contribution in [1.29, 1.82) is 5.26 Å². The van der Waals surface area contributed by atoms with E-state index in [1.165, 1.54) is 0 Å². The van der Waals surface area contributed by atoms with Gasteiger partial charge in [-0.2, -0.15) is 5.26 Å². The second-order valence-corrected chi connectivity index (χ2v) is 6.27. The van der Waals surface area contributed by atoms with Crippen LogP contribution in [-0.2, 0) is 11.3 Å². The maximum Gasteiger partial charge on any atom is 0.266 e. The van der Waals surface area contributed by atoms with E-state index in [1.807, 2.05) is 43.3 Å². The van der Waals surface area contributed by atoms with Gasteiger partial charge in [0.05, 0.1) is 7.11 Å². The van der Waals surface area contributed by atoms with Crippen LogP contribution in [0.3, 0.4) is 0 Å². The Hall–Kier alpha value is -3.78. The Bertz CT molecular complexity index is 1100. The molecule has 0 aliphatic rings. The van der Waals surface area contributed by atoms with E-state index in [4.69, 9.17) is 4.74 Å². The molecule has 0 spiro atoms. The molecule has 0 aliphatic carbocycles. The van der Waals surface area contributed by atoms with E-state index in [0.29, 0.717) is 18.0 Å². The second-order valence-electron chi connectivity index (χ2n) is 6.27. The van der Waals surface area contributed by atoms with Crippen LogP contribution in [0, 0.1) is 18.3 Å². The lowest BCUT2D eigenvalue weighted by Gasteiger charge is -2.06. The third kappa shape index (κ3) is 3.67. The number of hydrogen-bond acceptors (Lipinski definition) is 3. The van der Waals surface area contributed by atoms with Crippen molar-refractivity contribution >= 4 is 28.6 Å². The summed E-state index contributed by atoms with van der Waals surface area (Å²) in [6.07, 6.45) is 3.48. The van der Waals surface area contributed by atoms with Gasteiger partial charge in [0.15, 0.2) is 0 Å². The number of anilines is 1. The van der Waals surface area contributed by atoms with Gasteiger partial charge in [-0.05, 0) is 43.3 Å². The summed E-state index contributed by atoms with van der Waals surface area (Å²) in [5.41, 5.74) is 3.52. The van der Waals surface area contributed by atoms with Crippen molar-refractivity contribution in [2.75, 3.05) is 12.4 Å². The zero-order valence-electron chi connectivity index (χ0n) is 15.9. The zero-order valence-corrected chi connectivity index (χ0v) is 15.9. The number of methoxy groups -OCH3 is 1. The Balaban J connectivity index is 1.98. The lowest BCUT2D eigenvalue weighted by molar-refractivity contribution is -0.112. The SMILES string of the molecule is C=CCn1c(C)c(/C=C(\C#N)C(=O)Nc2ccc(OC)cc2)c2ccccc21. The van der Waals surface area contributed by atoms with Gasteiger partial charge in [0.1, 0.15) is 17.4 Å². The number of ether oxygens (including phenoxy) is 1. The van der Waals surface area contributed by atoms with Crippen molar-refractivity contribution in [3.05, 3.63) is 78.0 Å². The van der Waals surface area contributed by atoms with Gasteiger partial charge in [0.25, 0.3) is 5.91 Å². The molecule has 2 aromatic carbocycles. The van der Waals surface area contributed by atoms with Gasteiger partial charge in [-0.15, -0.1) is 6.58 Å². The molecule has 5 heteroatoms. The van der Waals surface area contributed by atoms with Gasteiger partial charge < -0.3 is 14.6 Å². The molecule has 1 amide bonds. The van der Waals surface area contributed by atoms with Crippen molar-refractivity contribution in [3.63, 3.8) is 0 Å². The average Bonchev–Trinajstić information content (AvgIpc) is 2.98. The highest BCUT2D eigenvalue weighted by molar-refractivity contribution is 6.11. The zero-order chi connectivity index (χ0) is 20.1. The van der Waals surface area contributed by atoms with Crippen molar-refractivity contribution in [3.8, 4) is 11.8 Å². The van der Waals surface area contributed by atoms with Gasteiger partial charge >= 0.3 is 0 Å². The van der Waals surface area contributed by atoms with E-state index in [-0.39, 0.29) is 5.57 Å². The largest absolute Gasteiger partial charge is 0.497 e. The summed E-state index contributed by atoms with van der Waals surface area (Å²) in [6.45, 7) is 6.45. The lowest BCUT2D eigenvalue weighted by atomic mass is 10.1. The van der Waals surface area contributed by atoms with E-state index < -0.39 is 5.91 Å². The van der Waals surface area contributed by atoms with Gasteiger partial charge in [-0.3, -0.25) is 4.79 Å². The summed E-state index contributed by atoms with van der Waals surface area (Å²) < 4.78 is 7.23. The van der Waals surface area contributed by atoms with Crippen molar-refractivity contribution in [2.24, 2.45) is 0 Å². The number of amides is 1. The fourth-order valence-corrected chi connectivity index (χ4v) is 3.17. The fourth-order valence-electron chi connectivity index (χ4n) is 3.17. The summed E-state index contributed by atoms with van der Waals surface area (Å²) in [4.78, 5) is 12.6. The van der Waals surface area contributed by atoms with Crippen molar-refractivity contribution < 1.29 is 9.53 Å². The van der Waals surface area contributed by atoms with Gasteiger partial charge in [-0.1, -0.05) is 24.3 Å². The topological polar surface area (TPSA) is 67.0 Å². The molecule has 0 saturated heterocycles. The first-order valence-electron chi connectivity index (χ1n) is 8.85. The summed E-state index contributed by atoms with van der Waals surface area (Å²) in [5, 5.41) is 13.3. The number of nitrogens with zero attached hydrogens (tertiary/aromatic N) is 2. The Labute approximate surface area is 164 Å². The van der Waals surface area contributed by atoms with Crippen LogP contribution in [0.5, 0.6) is 5.75 Å². The molecular weight excluding hydrogens is 350 g/mol. The first kappa shape index (κ1) is 19.0. The summed E-state index contributed by atoms with van der Waals surface area (Å²) in [5.74, 6) is 0.243. The minimum Gasteiger partial charge on any atom is -0.497 e. The molecule has 3 aromatic rings. The smallest absolute Gasteiger partial charge is 0.266 e. The molecule has 0 saturated carbocycles. The number of nitriles is 1. The van der Waals surface area contributed by atoms with Crippen LogP contribution in [0.2, 0.25) is 0 Å². The molecular formula is C23H21N3O2. The van der Waals surface area contributed by atoms with Crippen molar-refractivity contribution in [1.82, 2.24) is 4.57 Å². The first-order valence-corrected chi connectivity index (χ1v) is 8.85. The Morgan fingerprint density at radius 1 is 1.25 bits per heavy atom. The highest BCUT2D eigenvalue weighted by atomic mass is 16.5. The number of hydrogen-bond donors (Lipinski definition) is 1. The van der Waals surface area contributed by atoms with Gasteiger partial charge in [-0.25, -0.2) is 0 Å². The molecule has 0 radical (unpaired) electrons. The average molecular weight is 371 g/mol. The molecule has 0 fully saturated rings. The van der Waals surface area contributed by atoms with Crippen LogP contribution in [0.25, 0.3) is 17.0 Å². The molecule has 1 N–H and O–H groups in total. The molecule has 1 heterocycles. The van der Waals surface area contributed by atoms with E-state index in [2.05, 4.69) is 16.5 Å². The maximum absolute atomic E-state index is 12.6. The van der Waals surface area contributed by atoms with E-state index in [1.54, 1.807) is 37.5 Å². The number of carbonyl (C=O) groups is 1.